The number of allylic oxidation sites excluding steroid dienone is 1. The third kappa shape index (κ3) is 3.28. The Balaban J connectivity index is 1.73. The van der Waals surface area contributed by atoms with Crippen LogP contribution in [0.2, 0.25) is 0 Å². The lowest BCUT2D eigenvalue weighted by molar-refractivity contribution is -0.139. The third-order valence-corrected chi connectivity index (χ3v) is 7.15. The minimum atomic E-state index is -0.541. The molecule has 6 nitrogen and oxygen atoms in total. The van der Waals surface area contributed by atoms with E-state index in [0.29, 0.717) is 20.6 Å². The molecule has 0 bridgehead atoms. The summed E-state index contributed by atoms with van der Waals surface area (Å²) in [6.07, 6.45) is 3.78. The lowest BCUT2D eigenvalue weighted by Gasteiger charge is -2.23. The van der Waals surface area contributed by atoms with Gasteiger partial charge in [0.1, 0.15) is 6.04 Å². The summed E-state index contributed by atoms with van der Waals surface area (Å²) in [6, 6.07) is 11.3. The number of aromatic nitrogens is 2. The minimum Gasteiger partial charge on any atom is -0.463 e. The van der Waals surface area contributed by atoms with Crippen molar-refractivity contribution in [2.75, 3.05) is 6.61 Å². The molecule has 0 spiro atoms. The summed E-state index contributed by atoms with van der Waals surface area (Å²) in [5.41, 5.74) is 2.78. The molecule has 8 heteroatoms. The van der Waals surface area contributed by atoms with Crippen LogP contribution in [0.1, 0.15) is 30.3 Å². The van der Waals surface area contributed by atoms with Gasteiger partial charge in [0.25, 0.3) is 5.56 Å². The van der Waals surface area contributed by atoms with E-state index in [1.807, 2.05) is 54.1 Å². The van der Waals surface area contributed by atoms with E-state index in [4.69, 9.17) is 4.74 Å². The summed E-state index contributed by atoms with van der Waals surface area (Å²) >= 11 is 2.84. The Kier molecular flexibility index (Phi) is 4.95. The number of thiophene rings is 1. The summed E-state index contributed by atoms with van der Waals surface area (Å²) in [5.74, 6) is -0.437. The molecule has 0 unspecified atom stereocenters. The zero-order valence-electron chi connectivity index (χ0n) is 16.9. The summed E-state index contributed by atoms with van der Waals surface area (Å²) in [6.45, 7) is 3.83. The number of thiazole rings is 1. The van der Waals surface area contributed by atoms with Crippen molar-refractivity contribution in [1.82, 2.24) is 9.55 Å². The van der Waals surface area contributed by atoms with Gasteiger partial charge in [-0.15, -0.1) is 11.3 Å². The minimum absolute atomic E-state index is 0.165. The maximum absolute atomic E-state index is 13.5. The molecule has 1 aliphatic rings. The highest BCUT2D eigenvalue weighted by molar-refractivity contribution is 7.10. The molecule has 1 atom stereocenters. The number of nitrogens with zero attached hydrogens (tertiary/aromatic N) is 2. The van der Waals surface area contributed by atoms with Gasteiger partial charge < -0.3 is 9.72 Å². The second-order valence-corrected chi connectivity index (χ2v) is 9.10. The Labute approximate surface area is 185 Å². The predicted octanol–water partition coefficient (Wildman–Crippen LogP) is 3.34. The molecule has 4 aromatic rings. The topological polar surface area (TPSA) is 76.4 Å². The van der Waals surface area contributed by atoms with Crippen molar-refractivity contribution < 1.29 is 9.53 Å². The fourth-order valence-corrected chi connectivity index (χ4v) is 5.72. The standard InChI is InChI=1S/C23H19N3O3S2/c1-3-29-22(28)19-13(2)25-23-26(20(19)17-9-6-10-30-17)21(27)18(31-23)11-14-12-24-16-8-5-4-7-15(14)16/h4-12,20,24H,3H2,1-2H3/b18-11+/t20-/m0/s1. The zero-order chi connectivity index (χ0) is 21.5. The van der Waals surface area contributed by atoms with E-state index >= 15 is 0 Å². The quantitative estimate of drug-likeness (QED) is 0.486. The van der Waals surface area contributed by atoms with Crippen LogP contribution in [-0.2, 0) is 9.53 Å². The number of aromatic amines is 1. The Morgan fingerprint density at radius 1 is 1.29 bits per heavy atom. The van der Waals surface area contributed by atoms with Crippen LogP contribution < -0.4 is 14.9 Å². The van der Waals surface area contributed by atoms with Crippen molar-refractivity contribution in [2.24, 2.45) is 4.99 Å². The molecule has 0 radical (unpaired) electrons. The number of benzene rings is 1. The number of carbonyl (C=O) groups excluding carboxylic acids is 1. The van der Waals surface area contributed by atoms with Crippen LogP contribution in [0.4, 0.5) is 0 Å². The van der Waals surface area contributed by atoms with E-state index in [9.17, 15) is 9.59 Å². The van der Waals surface area contributed by atoms with Gasteiger partial charge in [0, 0.05) is 27.5 Å². The number of fused-ring (bicyclic) bond motifs is 2. The highest BCUT2D eigenvalue weighted by Crippen LogP contribution is 2.33. The zero-order valence-corrected chi connectivity index (χ0v) is 18.5. The number of esters is 1. The smallest absolute Gasteiger partial charge is 0.338 e. The molecular formula is C23H19N3O3S2. The van der Waals surface area contributed by atoms with E-state index < -0.39 is 12.0 Å². The molecule has 1 aliphatic heterocycles. The van der Waals surface area contributed by atoms with E-state index in [1.54, 1.807) is 18.4 Å². The third-order valence-electron chi connectivity index (χ3n) is 5.24. The molecule has 0 amide bonds. The highest BCUT2D eigenvalue weighted by Gasteiger charge is 2.33. The van der Waals surface area contributed by atoms with Crippen molar-refractivity contribution in [3.63, 3.8) is 0 Å². The van der Waals surface area contributed by atoms with Gasteiger partial charge in [-0.25, -0.2) is 9.79 Å². The van der Waals surface area contributed by atoms with Gasteiger partial charge in [-0.2, -0.15) is 0 Å². The van der Waals surface area contributed by atoms with Gasteiger partial charge in [0.15, 0.2) is 4.80 Å². The molecule has 4 heterocycles. The number of hydrogen-bond acceptors (Lipinski definition) is 6. The van der Waals surface area contributed by atoms with Crippen LogP contribution in [-0.4, -0.2) is 22.1 Å². The van der Waals surface area contributed by atoms with Gasteiger partial charge in [-0.3, -0.25) is 9.36 Å². The molecule has 5 rings (SSSR count). The fourth-order valence-electron chi connectivity index (χ4n) is 3.86. The van der Waals surface area contributed by atoms with Gasteiger partial charge in [0.05, 0.1) is 22.4 Å². The van der Waals surface area contributed by atoms with Crippen molar-refractivity contribution in [2.45, 2.75) is 19.9 Å². The largest absolute Gasteiger partial charge is 0.463 e. The lowest BCUT2D eigenvalue weighted by atomic mass is 10.0. The van der Waals surface area contributed by atoms with Crippen LogP contribution in [0.25, 0.3) is 17.0 Å². The first-order valence-corrected chi connectivity index (χ1v) is 11.6. The number of rotatable bonds is 4. The average Bonchev–Trinajstić information content (AvgIpc) is 3.48. The maximum Gasteiger partial charge on any atom is 0.338 e. The molecule has 0 saturated heterocycles. The second kappa shape index (κ2) is 7.79. The molecule has 0 saturated carbocycles. The molecule has 0 aliphatic carbocycles. The van der Waals surface area contributed by atoms with Gasteiger partial charge >= 0.3 is 5.97 Å². The first-order valence-electron chi connectivity index (χ1n) is 9.87. The normalized spacial score (nSPS) is 16.5. The lowest BCUT2D eigenvalue weighted by Crippen LogP contribution is -2.39. The van der Waals surface area contributed by atoms with Crippen LogP contribution in [0.3, 0.4) is 0 Å². The van der Waals surface area contributed by atoms with E-state index in [1.165, 1.54) is 22.7 Å². The summed E-state index contributed by atoms with van der Waals surface area (Å²) in [5, 5.41) is 2.99. The maximum atomic E-state index is 13.5. The number of para-hydroxylation sites is 1. The van der Waals surface area contributed by atoms with Crippen molar-refractivity contribution >= 4 is 45.6 Å². The Morgan fingerprint density at radius 3 is 2.90 bits per heavy atom. The molecule has 0 fully saturated rings. The molecule has 1 aromatic carbocycles. The first-order chi connectivity index (χ1) is 15.1. The summed E-state index contributed by atoms with van der Waals surface area (Å²) in [7, 11) is 0. The van der Waals surface area contributed by atoms with Crippen LogP contribution >= 0.6 is 22.7 Å². The Bertz CT molecular complexity index is 1500. The Hall–Kier alpha value is -3.23. The van der Waals surface area contributed by atoms with Crippen molar-refractivity contribution in [1.29, 1.82) is 0 Å². The summed E-state index contributed by atoms with van der Waals surface area (Å²) < 4.78 is 7.49. The first kappa shape index (κ1) is 19.7. The van der Waals surface area contributed by atoms with Crippen LogP contribution in [0.5, 0.6) is 0 Å². The van der Waals surface area contributed by atoms with Crippen molar-refractivity contribution in [3.05, 3.63) is 89.4 Å². The molecule has 3 aromatic heterocycles. The van der Waals surface area contributed by atoms with Gasteiger partial charge in [0.2, 0.25) is 0 Å². The fraction of sp³-hybridized carbons (Fsp3) is 0.174. The van der Waals surface area contributed by atoms with Crippen molar-refractivity contribution in [3.8, 4) is 0 Å². The number of nitrogens with one attached hydrogen (secondary N) is 1. The number of carbonyl (C=O) groups is 1. The highest BCUT2D eigenvalue weighted by atomic mass is 32.1. The van der Waals surface area contributed by atoms with Crippen LogP contribution in [0.15, 0.2) is 69.0 Å². The molecule has 1 N–H and O–H groups in total. The monoisotopic (exact) mass is 449 g/mol. The predicted molar refractivity (Wildman–Crippen MR) is 123 cm³/mol. The van der Waals surface area contributed by atoms with E-state index in [2.05, 4.69) is 9.98 Å². The summed E-state index contributed by atoms with van der Waals surface area (Å²) in [4.78, 5) is 35.6. The average molecular weight is 450 g/mol. The SMILES string of the molecule is CCOC(=O)C1=C(C)N=c2s/c(=C/c3c[nH]c4ccccc34)c(=O)n2[C@H]1c1cccs1. The number of hydrogen-bond donors (Lipinski definition) is 1. The Morgan fingerprint density at radius 2 is 2.13 bits per heavy atom. The van der Waals surface area contributed by atoms with Crippen LogP contribution in [0, 0.1) is 0 Å². The number of ether oxygens (including phenoxy) is 1. The molecule has 156 valence electrons. The number of H-pyrrole nitrogens is 1. The van der Waals surface area contributed by atoms with Gasteiger partial charge in [-0.1, -0.05) is 35.6 Å². The van der Waals surface area contributed by atoms with E-state index in [0.717, 1.165) is 21.3 Å². The molecular weight excluding hydrogens is 430 g/mol. The molecule has 31 heavy (non-hydrogen) atoms. The van der Waals surface area contributed by atoms with Gasteiger partial charge in [-0.05, 0) is 37.4 Å². The second-order valence-electron chi connectivity index (χ2n) is 7.11. The van der Waals surface area contributed by atoms with E-state index in [-0.39, 0.29) is 12.2 Å².